The van der Waals surface area contributed by atoms with Crippen molar-refractivity contribution in [3.63, 3.8) is 0 Å². The maximum absolute atomic E-state index is 14.2. The molecule has 1 heterocycles. The number of aromatic carboxylic acids is 1. The zero-order chi connectivity index (χ0) is 22.0. The quantitative estimate of drug-likeness (QED) is 0.357. The summed E-state index contributed by atoms with van der Waals surface area (Å²) in [5, 5.41) is 9.29. The van der Waals surface area contributed by atoms with Gasteiger partial charge in [0.2, 0.25) is 0 Å². The van der Waals surface area contributed by atoms with E-state index in [4.69, 9.17) is 4.74 Å². The number of carboxylic acids is 1. The van der Waals surface area contributed by atoms with Crippen molar-refractivity contribution in [2.75, 3.05) is 0 Å². The van der Waals surface area contributed by atoms with Crippen LogP contribution in [-0.2, 0) is 6.61 Å². The molecule has 0 fully saturated rings. The monoisotopic (exact) mass is 545 g/mol. The van der Waals surface area contributed by atoms with Crippen LogP contribution >= 0.6 is 31.9 Å². The van der Waals surface area contributed by atoms with Gasteiger partial charge in [0.1, 0.15) is 23.9 Å². The number of pyridine rings is 1. The molecule has 0 aliphatic heterocycles. The van der Waals surface area contributed by atoms with Gasteiger partial charge in [-0.3, -0.25) is 0 Å². The number of aromatic nitrogens is 1. The number of rotatable bonds is 6. The van der Waals surface area contributed by atoms with Crippen LogP contribution in [0.3, 0.4) is 0 Å². The molecule has 1 N–H and O–H groups in total. The van der Waals surface area contributed by atoms with E-state index in [0.29, 0.717) is 21.5 Å². The van der Waals surface area contributed by atoms with Gasteiger partial charge in [-0.25, -0.2) is 14.2 Å². The standard InChI is InChI=1S/C24H18Br2FNO3/c25-15-9-10-23(31-13-14-7-8-16(26)12-20(14)27)19(11-15)17-3-1-4-18(17)21-5-2-6-22(28-21)24(29)30/h2,5-12H,1,3-4,13H2,(H,29,30). The number of hydrogen-bond donors (Lipinski definition) is 1. The third-order valence-corrected chi connectivity index (χ3v) is 6.15. The van der Waals surface area contributed by atoms with Crippen molar-refractivity contribution >= 4 is 49.0 Å². The first-order chi connectivity index (χ1) is 14.9. The first-order valence-corrected chi connectivity index (χ1v) is 11.3. The Balaban J connectivity index is 1.71. The molecular weight excluding hydrogens is 529 g/mol. The Kier molecular flexibility index (Phi) is 6.53. The second kappa shape index (κ2) is 9.32. The smallest absolute Gasteiger partial charge is 0.354 e. The zero-order valence-corrected chi connectivity index (χ0v) is 19.5. The Hall–Kier alpha value is -2.51. The van der Waals surface area contributed by atoms with E-state index in [9.17, 15) is 14.3 Å². The summed E-state index contributed by atoms with van der Waals surface area (Å²) in [6.07, 6.45) is 2.57. The van der Waals surface area contributed by atoms with Crippen LogP contribution in [0.2, 0.25) is 0 Å². The summed E-state index contributed by atoms with van der Waals surface area (Å²) in [4.78, 5) is 15.7. The second-order valence-corrected chi connectivity index (χ2v) is 9.02. The Bertz CT molecular complexity index is 1190. The Morgan fingerprint density at radius 3 is 2.55 bits per heavy atom. The minimum absolute atomic E-state index is 0.0210. The fourth-order valence-electron chi connectivity index (χ4n) is 3.70. The average molecular weight is 547 g/mol. The van der Waals surface area contributed by atoms with Crippen LogP contribution in [0.1, 0.15) is 46.6 Å². The summed E-state index contributed by atoms with van der Waals surface area (Å²) < 4.78 is 21.8. The first kappa shape index (κ1) is 21.7. The van der Waals surface area contributed by atoms with Crippen molar-refractivity contribution in [2.24, 2.45) is 0 Å². The molecule has 0 unspecified atom stereocenters. The van der Waals surface area contributed by atoms with Gasteiger partial charge in [0.25, 0.3) is 0 Å². The fourth-order valence-corrected chi connectivity index (χ4v) is 4.40. The number of carbonyl (C=O) groups is 1. The number of ether oxygens (including phenoxy) is 1. The maximum atomic E-state index is 14.2. The van der Waals surface area contributed by atoms with Gasteiger partial charge in [-0.2, -0.15) is 0 Å². The van der Waals surface area contributed by atoms with Crippen molar-refractivity contribution in [1.82, 2.24) is 4.98 Å². The number of halogens is 3. The Morgan fingerprint density at radius 1 is 1.03 bits per heavy atom. The van der Waals surface area contributed by atoms with E-state index in [0.717, 1.165) is 40.4 Å². The van der Waals surface area contributed by atoms with E-state index in [1.807, 2.05) is 24.3 Å². The molecule has 0 radical (unpaired) electrons. The highest BCUT2D eigenvalue weighted by Crippen LogP contribution is 2.43. The number of allylic oxidation sites excluding steroid dienone is 2. The van der Waals surface area contributed by atoms with E-state index >= 15 is 0 Å². The fraction of sp³-hybridized carbons (Fsp3) is 0.167. The minimum atomic E-state index is -1.05. The van der Waals surface area contributed by atoms with E-state index in [1.54, 1.807) is 18.2 Å². The van der Waals surface area contributed by atoms with Gasteiger partial charge in [0.15, 0.2) is 0 Å². The molecule has 3 aromatic rings. The lowest BCUT2D eigenvalue weighted by Crippen LogP contribution is -2.03. The molecule has 2 aromatic carbocycles. The largest absolute Gasteiger partial charge is 0.488 e. The number of hydrogen-bond acceptors (Lipinski definition) is 3. The van der Waals surface area contributed by atoms with Crippen LogP contribution < -0.4 is 4.74 Å². The lowest BCUT2D eigenvalue weighted by molar-refractivity contribution is 0.0690. The number of benzene rings is 2. The van der Waals surface area contributed by atoms with Crippen molar-refractivity contribution in [3.8, 4) is 5.75 Å². The van der Waals surface area contributed by atoms with Gasteiger partial charge in [-0.15, -0.1) is 0 Å². The van der Waals surface area contributed by atoms with Crippen LogP contribution in [0.25, 0.3) is 11.1 Å². The van der Waals surface area contributed by atoms with Crippen molar-refractivity contribution in [1.29, 1.82) is 0 Å². The highest BCUT2D eigenvalue weighted by molar-refractivity contribution is 9.10. The minimum Gasteiger partial charge on any atom is -0.488 e. The van der Waals surface area contributed by atoms with Crippen LogP contribution in [0, 0.1) is 5.82 Å². The van der Waals surface area contributed by atoms with E-state index in [-0.39, 0.29) is 18.1 Å². The molecule has 4 nitrogen and oxygen atoms in total. The molecule has 0 saturated carbocycles. The Morgan fingerprint density at radius 2 is 1.77 bits per heavy atom. The summed E-state index contributed by atoms with van der Waals surface area (Å²) in [7, 11) is 0. The average Bonchev–Trinajstić information content (AvgIpc) is 3.23. The summed E-state index contributed by atoms with van der Waals surface area (Å²) in [6, 6.07) is 15.7. The van der Waals surface area contributed by atoms with Gasteiger partial charge in [-0.05, 0) is 72.9 Å². The molecule has 1 aromatic heterocycles. The molecule has 1 aliphatic carbocycles. The number of carboxylic acid groups (broad SMARTS) is 1. The molecule has 0 atom stereocenters. The van der Waals surface area contributed by atoms with Gasteiger partial charge in [-0.1, -0.05) is 44.0 Å². The highest BCUT2D eigenvalue weighted by atomic mass is 79.9. The van der Waals surface area contributed by atoms with E-state index in [2.05, 4.69) is 36.8 Å². The van der Waals surface area contributed by atoms with Gasteiger partial charge >= 0.3 is 5.97 Å². The molecule has 31 heavy (non-hydrogen) atoms. The molecule has 0 amide bonds. The summed E-state index contributed by atoms with van der Waals surface area (Å²) in [5.74, 6) is -0.734. The number of nitrogens with zero attached hydrogens (tertiary/aromatic N) is 1. The predicted octanol–water partition coefficient (Wildman–Crippen LogP) is 7.12. The van der Waals surface area contributed by atoms with Crippen LogP contribution in [-0.4, -0.2) is 16.1 Å². The Labute approximate surface area is 196 Å². The molecule has 0 saturated heterocycles. The molecular formula is C24H18Br2FNO3. The SMILES string of the molecule is O=C(O)c1cccc(C2=C(c3cc(Br)ccc3OCc3ccc(Br)cc3F)CCC2)n1. The molecule has 4 rings (SSSR count). The highest BCUT2D eigenvalue weighted by Gasteiger charge is 2.22. The van der Waals surface area contributed by atoms with Crippen LogP contribution in [0.15, 0.2) is 63.5 Å². The molecule has 158 valence electrons. The molecule has 0 bridgehead atoms. The molecule has 7 heteroatoms. The van der Waals surface area contributed by atoms with Gasteiger partial charge in [0, 0.05) is 20.1 Å². The molecule has 0 spiro atoms. The topological polar surface area (TPSA) is 59.4 Å². The summed E-state index contributed by atoms with van der Waals surface area (Å²) in [5.41, 5.74) is 4.14. The van der Waals surface area contributed by atoms with Gasteiger partial charge in [0.05, 0.1) is 5.69 Å². The van der Waals surface area contributed by atoms with E-state index in [1.165, 1.54) is 12.1 Å². The lowest BCUT2D eigenvalue weighted by atomic mass is 9.99. The third kappa shape index (κ3) is 4.88. The predicted molar refractivity (Wildman–Crippen MR) is 124 cm³/mol. The summed E-state index contributed by atoms with van der Waals surface area (Å²) in [6.45, 7) is 0.100. The van der Waals surface area contributed by atoms with Gasteiger partial charge < -0.3 is 9.84 Å². The zero-order valence-electron chi connectivity index (χ0n) is 16.4. The van der Waals surface area contributed by atoms with Crippen LogP contribution in [0.4, 0.5) is 4.39 Å². The second-order valence-electron chi connectivity index (χ2n) is 7.19. The van der Waals surface area contributed by atoms with Crippen molar-refractivity contribution in [3.05, 3.63) is 91.9 Å². The summed E-state index contributed by atoms with van der Waals surface area (Å²) >= 11 is 6.79. The third-order valence-electron chi connectivity index (χ3n) is 5.16. The molecule has 1 aliphatic rings. The lowest BCUT2D eigenvalue weighted by Gasteiger charge is -2.15. The first-order valence-electron chi connectivity index (χ1n) is 9.72. The van der Waals surface area contributed by atoms with Crippen LogP contribution in [0.5, 0.6) is 5.75 Å². The van der Waals surface area contributed by atoms with Crippen molar-refractivity contribution < 1.29 is 19.0 Å². The van der Waals surface area contributed by atoms with Crippen molar-refractivity contribution in [2.45, 2.75) is 25.9 Å². The maximum Gasteiger partial charge on any atom is 0.354 e. The van der Waals surface area contributed by atoms with E-state index < -0.39 is 5.97 Å². The normalized spacial score (nSPS) is 13.5.